The third-order valence-electron chi connectivity index (χ3n) is 4.04. The Kier molecular flexibility index (Phi) is 3.79. The number of nitrogens with zero attached hydrogens (tertiary/aromatic N) is 1. The largest absolute Gasteiger partial charge is 0.497 e. The van der Waals surface area contributed by atoms with E-state index in [0.29, 0.717) is 6.04 Å². The molecule has 1 aromatic carbocycles. The maximum Gasteiger partial charge on any atom is 0.119 e. The zero-order valence-corrected chi connectivity index (χ0v) is 12.2. The molecule has 0 saturated heterocycles. The molecule has 20 heavy (non-hydrogen) atoms. The van der Waals surface area contributed by atoms with Crippen molar-refractivity contribution in [2.45, 2.75) is 25.4 Å². The van der Waals surface area contributed by atoms with Crippen molar-refractivity contribution in [3.05, 3.63) is 53.9 Å². The fraction of sp³-hybridized carbons (Fsp3) is 0.412. The van der Waals surface area contributed by atoms with Gasteiger partial charge in [0.1, 0.15) is 5.75 Å². The lowest BCUT2D eigenvalue weighted by molar-refractivity contribution is 0.414. The van der Waals surface area contributed by atoms with E-state index < -0.39 is 0 Å². The highest BCUT2D eigenvalue weighted by atomic mass is 16.5. The van der Waals surface area contributed by atoms with Crippen molar-refractivity contribution >= 4 is 0 Å². The van der Waals surface area contributed by atoms with E-state index in [1.807, 2.05) is 12.1 Å². The van der Waals surface area contributed by atoms with Gasteiger partial charge in [-0.25, -0.2) is 0 Å². The molecule has 0 amide bonds. The summed E-state index contributed by atoms with van der Waals surface area (Å²) >= 11 is 0. The highest BCUT2D eigenvalue weighted by Crippen LogP contribution is 2.40. The third-order valence-corrected chi connectivity index (χ3v) is 4.04. The summed E-state index contributed by atoms with van der Waals surface area (Å²) in [6, 6.07) is 11.0. The van der Waals surface area contributed by atoms with Gasteiger partial charge in [0.2, 0.25) is 0 Å². The zero-order chi connectivity index (χ0) is 13.9. The van der Waals surface area contributed by atoms with Crippen molar-refractivity contribution in [3.8, 4) is 5.75 Å². The first-order chi connectivity index (χ1) is 9.80. The molecular formula is C17H22N2O. The summed E-state index contributed by atoms with van der Waals surface area (Å²) in [5, 5.41) is 3.44. The SMILES string of the molecule is CNC(c1ccn(Cc2cccc(OC)c2)c1)C1CC1. The van der Waals surface area contributed by atoms with Crippen molar-refractivity contribution < 1.29 is 4.74 Å². The molecule has 1 heterocycles. The predicted octanol–water partition coefficient (Wildman–Crippen LogP) is 3.22. The third kappa shape index (κ3) is 2.88. The smallest absolute Gasteiger partial charge is 0.119 e. The van der Waals surface area contributed by atoms with Crippen LogP contribution < -0.4 is 10.1 Å². The lowest BCUT2D eigenvalue weighted by Gasteiger charge is -2.13. The van der Waals surface area contributed by atoms with E-state index in [-0.39, 0.29) is 0 Å². The number of hydrogen-bond donors (Lipinski definition) is 1. The second-order valence-corrected chi connectivity index (χ2v) is 5.57. The molecule has 1 aromatic heterocycles. The molecule has 1 aliphatic rings. The van der Waals surface area contributed by atoms with E-state index in [9.17, 15) is 0 Å². The number of rotatable bonds is 6. The van der Waals surface area contributed by atoms with Crippen LogP contribution in [0.2, 0.25) is 0 Å². The molecule has 1 fully saturated rings. The molecule has 3 heteroatoms. The Balaban J connectivity index is 1.73. The lowest BCUT2D eigenvalue weighted by atomic mass is 10.1. The minimum atomic E-state index is 0.515. The Hall–Kier alpha value is -1.74. The molecule has 0 aliphatic heterocycles. The summed E-state index contributed by atoms with van der Waals surface area (Å²) in [6.07, 6.45) is 7.14. The van der Waals surface area contributed by atoms with Crippen LogP contribution in [-0.2, 0) is 6.54 Å². The van der Waals surface area contributed by atoms with Crippen molar-refractivity contribution in [1.29, 1.82) is 0 Å². The van der Waals surface area contributed by atoms with Crippen LogP contribution in [0.5, 0.6) is 5.75 Å². The van der Waals surface area contributed by atoms with Gasteiger partial charge < -0.3 is 14.6 Å². The Morgan fingerprint density at radius 1 is 1.35 bits per heavy atom. The van der Waals surface area contributed by atoms with Gasteiger partial charge in [0, 0.05) is 25.0 Å². The first-order valence-electron chi connectivity index (χ1n) is 7.26. The molecule has 1 unspecified atom stereocenters. The molecule has 2 aromatic rings. The van der Waals surface area contributed by atoms with Gasteiger partial charge in [0.15, 0.2) is 0 Å². The first-order valence-corrected chi connectivity index (χ1v) is 7.26. The summed E-state index contributed by atoms with van der Waals surface area (Å²) in [6.45, 7) is 0.887. The highest BCUT2D eigenvalue weighted by molar-refractivity contribution is 5.29. The van der Waals surface area contributed by atoms with Crippen molar-refractivity contribution in [2.24, 2.45) is 5.92 Å². The van der Waals surface area contributed by atoms with Gasteiger partial charge >= 0.3 is 0 Å². The zero-order valence-electron chi connectivity index (χ0n) is 12.2. The van der Waals surface area contributed by atoms with Crippen LogP contribution in [0.15, 0.2) is 42.7 Å². The minimum Gasteiger partial charge on any atom is -0.497 e. The van der Waals surface area contributed by atoms with Crippen molar-refractivity contribution in [3.63, 3.8) is 0 Å². The van der Waals surface area contributed by atoms with Crippen LogP contribution in [0.25, 0.3) is 0 Å². The summed E-state index contributed by atoms with van der Waals surface area (Å²) < 4.78 is 7.52. The van der Waals surface area contributed by atoms with Crippen LogP contribution in [0.4, 0.5) is 0 Å². The molecular weight excluding hydrogens is 248 g/mol. The molecule has 0 radical (unpaired) electrons. The molecule has 0 bridgehead atoms. The van der Waals surface area contributed by atoms with Crippen LogP contribution in [-0.4, -0.2) is 18.7 Å². The molecule has 1 N–H and O–H groups in total. The van der Waals surface area contributed by atoms with Gasteiger partial charge in [-0.15, -0.1) is 0 Å². The second-order valence-electron chi connectivity index (χ2n) is 5.57. The maximum absolute atomic E-state index is 5.27. The first kappa shape index (κ1) is 13.3. The van der Waals surface area contributed by atoms with Crippen molar-refractivity contribution in [2.75, 3.05) is 14.2 Å². The topological polar surface area (TPSA) is 26.2 Å². The molecule has 3 rings (SSSR count). The van der Waals surface area contributed by atoms with Gasteiger partial charge in [-0.1, -0.05) is 12.1 Å². The Bertz CT molecular complexity index is 572. The van der Waals surface area contributed by atoms with Gasteiger partial charge in [-0.3, -0.25) is 0 Å². The number of nitrogens with one attached hydrogen (secondary N) is 1. The van der Waals surface area contributed by atoms with Crippen LogP contribution in [0.1, 0.15) is 30.0 Å². The molecule has 106 valence electrons. The van der Waals surface area contributed by atoms with Gasteiger partial charge in [-0.2, -0.15) is 0 Å². The molecule has 3 nitrogen and oxygen atoms in total. The van der Waals surface area contributed by atoms with E-state index >= 15 is 0 Å². The molecule has 1 aliphatic carbocycles. The Morgan fingerprint density at radius 2 is 2.20 bits per heavy atom. The van der Waals surface area contributed by atoms with Gasteiger partial charge in [0.05, 0.1) is 7.11 Å². The second kappa shape index (κ2) is 5.71. The minimum absolute atomic E-state index is 0.515. The summed E-state index contributed by atoms with van der Waals surface area (Å²) in [5.41, 5.74) is 2.66. The number of benzene rings is 1. The molecule has 1 atom stereocenters. The van der Waals surface area contributed by atoms with E-state index in [0.717, 1.165) is 18.2 Å². The predicted molar refractivity (Wildman–Crippen MR) is 81.1 cm³/mol. The monoisotopic (exact) mass is 270 g/mol. The van der Waals surface area contributed by atoms with Gasteiger partial charge in [-0.05, 0) is 55.1 Å². The maximum atomic E-state index is 5.27. The van der Waals surface area contributed by atoms with Crippen molar-refractivity contribution in [1.82, 2.24) is 9.88 Å². The van der Waals surface area contributed by atoms with Crippen LogP contribution in [0, 0.1) is 5.92 Å². The number of methoxy groups -OCH3 is 1. The molecule has 1 saturated carbocycles. The number of aromatic nitrogens is 1. The average Bonchev–Trinajstić information content (AvgIpc) is 3.20. The van der Waals surface area contributed by atoms with Gasteiger partial charge in [0.25, 0.3) is 0 Å². The van der Waals surface area contributed by atoms with Crippen LogP contribution in [0.3, 0.4) is 0 Å². The summed E-state index contributed by atoms with van der Waals surface area (Å²) in [4.78, 5) is 0. The average molecular weight is 270 g/mol. The van der Waals surface area contributed by atoms with E-state index in [2.05, 4.69) is 47.5 Å². The van der Waals surface area contributed by atoms with E-state index in [1.165, 1.54) is 24.0 Å². The number of ether oxygens (including phenoxy) is 1. The quantitative estimate of drug-likeness (QED) is 0.872. The normalized spacial score (nSPS) is 16.1. The molecule has 0 spiro atoms. The Morgan fingerprint density at radius 3 is 2.90 bits per heavy atom. The lowest BCUT2D eigenvalue weighted by Crippen LogP contribution is -2.17. The van der Waals surface area contributed by atoms with E-state index in [4.69, 9.17) is 4.74 Å². The number of hydrogen-bond acceptors (Lipinski definition) is 2. The summed E-state index contributed by atoms with van der Waals surface area (Å²) in [7, 11) is 3.77. The Labute approximate surface area is 120 Å². The van der Waals surface area contributed by atoms with Crippen LogP contribution >= 0.6 is 0 Å². The fourth-order valence-corrected chi connectivity index (χ4v) is 2.83. The fourth-order valence-electron chi connectivity index (χ4n) is 2.83. The highest BCUT2D eigenvalue weighted by Gasteiger charge is 2.31. The summed E-state index contributed by atoms with van der Waals surface area (Å²) in [5.74, 6) is 1.74. The standard InChI is InChI=1S/C17H22N2O/c1-18-17(14-6-7-14)15-8-9-19(12-15)11-13-4-3-5-16(10-13)20-2/h3-5,8-10,12,14,17-18H,6-7,11H2,1-2H3. The van der Waals surface area contributed by atoms with E-state index in [1.54, 1.807) is 7.11 Å².